The van der Waals surface area contributed by atoms with Gasteiger partial charge in [0.1, 0.15) is 0 Å². The van der Waals surface area contributed by atoms with Gasteiger partial charge in [-0.25, -0.2) is 4.39 Å². The SMILES string of the molecule is FC(F)(F)C1(F)C=CC(N=Cc2ccccc2)=CC1. The van der Waals surface area contributed by atoms with Crippen LogP contribution in [0.1, 0.15) is 12.0 Å². The zero-order valence-electron chi connectivity index (χ0n) is 9.86. The minimum Gasteiger partial charge on any atom is -0.257 e. The lowest BCUT2D eigenvalue weighted by molar-refractivity contribution is -0.211. The topological polar surface area (TPSA) is 12.4 Å². The molecule has 1 aromatic rings. The highest BCUT2D eigenvalue weighted by Crippen LogP contribution is 2.40. The molecule has 1 aliphatic carbocycles. The van der Waals surface area contributed by atoms with E-state index in [1.807, 2.05) is 30.3 Å². The Bertz CT molecular complexity index is 528. The van der Waals surface area contributed by atoms with Crippen LogP contribution in [-0.2, 0) is 0 Å². The molecule has 1 unspecified atom stereocenters. The van der Waals surface area contributed by atoms with Crippen molar-refractivity contribution in [1.29, 1.82) is 0 Å². The van der Waals surface area contributed by atoms with E-state index in [9.17, 15) is 17.6 Å². The third-order valence-electron chi connectivity index (χ3n) is 2.76. The zero-order valence-corrected chi connectivity index (χ0v) is 9.86. The Morgan fingerprint density at radius 1 is 1.16 bits per heavy atom. The summed E-state index contributed by atoms with van der Waals surface area (Å²) in [5.41, 5.74) is -2.13. The van der Waals surface area contributed by atoms with Gasteiger partial charge in [-0.05, 0) is 17.7 Å². The summed E-state index contributed by atoms with van der Waals surface area (Å²) >= 11 is 0. The van der Waals surface area contributed by atoms with Gasteiger partial charge in [-0.1, -0.05) is 36.4 Å². The van der Waals surface area contributed by atoms with E-state index in [0.29, 0.717) is 11.8 Å². The first-order valence-corrected chi connectivity index (χ1v) is 5.65. The van der Waals surface area contributed by atoms with Crippen LogP contribution < -0.4 is 0 Å². The number of nitrogens with zero attached hydrogens (tertiary/aromatic N) is 1. The Kier molecular flexibility index (Phi) is 3.55. The fourth-order valence-corrected chi connectivity index (χ4v) is 1.60. The Balaban J connectivity index is 2.07. The molecule has 1 atom stereocenters. The second-order valence-corrected chi connectivity index (χ2v) is 4.20. The smallest absolute Gasteiger partial charge is 0.257 e. The summed E-state index contributed by atoms with van der Waals surface area (Å²) in [7, 11) is 0. The summed E-state index contributed by atoms with van der Waals surface area (Å²) in [6, 6.07) is 9.11. The molecule has 1 aliphatic rings. The van der Waals surface area contributed by atoms with E-state index in [0.717, 1.165) is 17.7 Å². The van der Waals surface area contributed by atoms with E-state index in [4.69, 9.17) is 0 Å². The second-order valence-electron chi connectivity index (χ2n) is 4.20. The Morgan fingerprint density at radius 2 is 1.84 bits per heavy atom. The monoisotopic (exact) mass is 269 g/mol. The average molecular weight is 269 g/mol. The van der Waals surface area contributed by atoms with Crippen molar-refractivity contribution in [3.05, 3.63) is 59.8 Å². The van der Waals surface area contributed by atoms with Crippen LogP contribution in [0.4, 0.5) is 17.6 Å². The van der Waals surface area contributed by atoms with Crippen LogP contribution in [0.25, 0.3) is 0 Å². The number of rotatable bonds is 2. The minimum atomic E-state index is -4.89. The summed E-state index contributed by atoms with van der Waals surface area (Å²) < 4.78 is 50.7. The molecule has 1 aromatic carbocycles. The number of allylic oxidation sites excluding steroid dienone is 3. The highest BCUT2D eigenvalue weighted by molar-refractivity contribution is 5.80. The lowest BCUT2D eigenvalue weighted by Gasteiger charge is -2.25. The molecule has 0 heterocycles. The molecule has 1 nitrogen and oxygen atoms in total. The highest BCUT2D eigenvalue weighted by Gasteiger charge is 2.54. The van der Waals surface area contributed by atoms with Gasteiger partial charge in [0.05, 0.1) is 5.70 Å². The predicted octanol–water partition coefficient (Wildman–Crippen LogP) is 4.22. The number of benzene rings is 1. The average Bonchev–Trinajstić information content (AvgIpc) is 2.38. The maximum absolute atomic E-state index is 13.5. The van der Waals surface area contributed by atoms with Crippen LogP contribution in [0, 0.1) is 0 Å². The van der Waals surface area contributed by atoms with Crippen molar-refractivity contribution >= 4 is 6.21 Å². The van der Waals surface area contributed by atoms with Crippen LogP contribution in [0.3, 0.4) is 0 Å². The molecule has 2 rings (SSSR count). The van der Waals surface area contributed by atoms with Gasteiger partial charge in [0.15, 0.2) is 0 Å². The summed E-state index contributed by atoms with van der Waals surface area (Å²) in [6.07, 6.45) is -1.40. The molecular formula is C14H11F4N. The standard InChI is InChI=1S/C14H11F4N/c15-13(14(16,17)18)8-6-12(7-9-13)19-10-11-4-2-1-3-5-11/h1-8,10H,9H2. The van der Waals surface area contributed by atoms with Crippen molar-refractivity contribution in [3.8, 4) is 0 Å². The minimum absolute atomic E-state index is 0.321. The van der Waals surface area contributed by atoms with Crippen LogP contribution in [0.15, 0.2) is 59.2 Å². The van der Waals surface area contributed by atoms with Gasteiger partial charge in [0.2, 0.25) is 5.67 Å². The van der Waals surface area contributed by atoms with Crippen molar-refractivity contribution < 1.29 is 17.6 Å². The molecule has 0 N–H and O–H groups in total. The first-order valence-electron chi connectivity index (χ1n) is 5.65. The fourth-order valence-electron chi connectivity index (χ4n) is 1.60. The maximum atomic E-state index is 13.5. The van der Waals surface area contributed by atoms with E-state index < -0.39 is 18.3 Å². The molecule has 0 saturated heterocycles. The van der Waals surface area contributed by atoms with Gasteiger partial charge in [-0.3, -0.25) is 4.99 Å². The molecule has 0 spiro atoms. The first kappa shape index (κ1) is 13.5. The van der Waals surface area contributed by atoms with Crippen molar-refractivity contribution in [1.82, 2.24) is 0 Å². The molecular weight excluding hydrogens is 258 g/mol. The molecule has 0 radical (unpaired) electrons. The van der Waals surface area contributed by atoms with Gasteiger partial charge in [-0.2, -0.15) is 13.2 Å². The summed E-state index contributed by atoms with van der Waals surface area (Å²) in [6.45, 7) is 0. The fraction of sp³-hybridized carbons (Fsp3) is 0.214. The molecule has 0 amide bonds. The number of hydrogen-bond acceptors (Lipinski definition) is 1. The molecule has 0 aliphatic heterocycles. The number of aliphatic imine (C=N–C) groups is 1. The number of alkyl halides is 4. The highest BCUT2D eigenvalue weighted by atomic mass is 19.4. The Morgan fingerprint density at radius 3 is 2.37 bits per heavy atom. The predicted molar refractivity (Wildman–Crippen MR) is 65.8 cm³/mol. The van der Waals surface area contributed by atoms with Crippen molar-refractivity contribution in [2.45, 2.75) is 18.3 Å². The van der Waals surface area contributed by atoms with Gasteiger partial charge < -0.3 is 0 Å². The van der Waals surface area contributed by atoms with Crippen LogP contribution >= 0.6 is 0 Å². The molecule has 0 saturated carbocycles. The summed E-state index contributed by atoms with van der Waals surface area (Å²) in [4.78, 5) is 4.02. The molecule has 0 bridgehead atoms. The van der Waals surface area contributed by atoms with E-state index in [1.54, 1.807) is 0 Å². The third kappa shape index (κ3) is 3.10. The summed E-state index contributed by atoms with van der Waals surface area (Å²) in [5.74, 6) is 0. The quantitative estimate of drug-likeness (QED) is 0.563. The van der Waals surface area contributed by atoms with Crippen LogP contribution in [-0.4, -0.2) is 18.1 Å². The molecule has 0 aromatic heterocycles. The van der Waals surface area contributed by atoms with Crippen molar-refractivity contribution in [2.24, 2.45) is 4.99 Å². The normalized spacial score (nSPS) is 23.7. The van der Waals surface area contributed by atoms with Crippen LogP contribution in [0.5, 0.6) is 0 Å². The Labute approximate surface area is 108 Å². The largest absolute Gasteiger partial charge is 0.426 e. The molecule has 100 valence electrons. The van der Waals surface area contributed by atoms with E-state index in [1.165, 1.54) is 6.21 Å². The van der Waals surface area contributed by atoms with E-state index in [2.05, 4.69) is 4.99 Å². The number of hydrogen-bond donors (Lipinski definition) is 0. The zero-order chi connectivity index (χ0) is 13.9. The number of halogens is 4. The van der Waals surface area contributed by atoms with Crippen molar-refractivity contribution in [2.75, 3.05) is 0 Å². The molecule has 5 heteroatoms. The first-order chi connectivity index (χ1) is 8.91. The van der Waals surface area contributed by atoms with Crippen LogP contribution in [0.2, 0.25) is 0 Å². The van der Waals surface area contributed by atoms with Gasteiger partial charge in [0, 0.05) is 12.6 Å². The maximum Gasteiger partial charge on any atom is 0.426 e. The molecule has 0 fully saturated rings. The van der Waals surface area contributed by atoms with Gasteiger partial charge in [0.25, 0.3) is 0 Å². The Hall–Kier alpha value is -1.91. The van der Waals surface area contributed by atoms with Gasteiger partial charge in [-0.15, -0.1) is 0 Å². The van der Waals surface area contributed by atoms with Gasteiger partial charge >= 0.3 is 6.18 Å². The molecule has 19 heavy (non-hydrogen) atoms. The summed E-state index contributed by atoms with van der Waals surface area (Å²) in [5, 5.41) is 0. The second kappa shape index (κ2) is 4.99. The third-order valence-corrected chi connectivity index (χ3v) is 2.76. The van der Waals surface area contributed by atoms with E-state index >= 15 is 0 Å². The lowest BCUT2D eigenvalue weighted by Crippen LogP contribution is -2.39. The van der Waals surface area contributed by atoms with E-state index in [-0.39, 0.29) is 0 Å². The lowest BCUT2D eigenvalue weighted by atomic mass is 9.95. The van der Waals surface area contributed by atoms with Crippen molar-refractivity contribution in [3.63, 3.8) is 0 Å².